The van der Waals surface area contributed by atoms with Crippen LogP contribution < -0.4 is 4.90 Å². The van der Waals surface area contributed by atoms with Crippen LogP contribution in [-0.4, -0.2) is 11.7 Å². The van der Waals surface area contributed by atoms with E-state index in [0.29, 0.717) is 17.2 Å². The molecule has 3 rings (SSSR count). The maximum Gasteiger partial charge on any atom is 0.304 e. The lowest BCUT2D eigenvalue weighted by atomic mass is 9.78. The molecule has 0 saturated heterocycles. The van der Waals surface area contributed by atoms with Gasteiger partial charge in [-0.2, -0.15) is 0 Å². The Morgan fingerprint density at radius 1 is 0.913 bits per heavy atom. The van der Waals surface area contributed by atoms with Crippen LogP contribution in [0.1, 0.15) is 49.5 Å². The predicted molar refractivity (Wildman–Crippen MR) is 92.2 cm³/mol. The maximum atomic E-state index is 12.3. The van der Waals surface area contributed by atoms with Crippen molar-refractivity contribution < 1.29 is 9.59 Å². The molecule has 3 heteroatoms. The molecular weight excluding hydrogens is 286 g/mol. The molecular formula is C20H21NO2. The average molecular weight is 307 g/mol. The molecule has 1 aliphatic rings. The van der Waals surface area contributed by atoms with Gasteiger partial charge in [0, 0.05) is 5.69 Å². The lowest BCUT2D eigenvalue weighted by Gasteiger charge is -2.28. The first-order valence-electron chi connectivity index (χ1n) is 7.88. The zero-order valence-corrected chi connectivity index (χ0v) is 14.0. The van der Waals surface area contributed by atoms with Gasteiger partial charge in [-0.25, -0.2) is 0 Å². The van der Waals surface area contributed by atoms with Gasteiger partial charge in [-0.05, 0) is 41.2 Å². The first-order valence-corrected chi connectivity index (χ1v) is 7.88. The number of anilines is 2. The monoisotopic (exact) mass is 307 g/mol. The number of rotatable bonds is 2. The lowest BCUT2D eigenvalue weighted by Crippen LogP contribution is -2.24. The molecule has 2 aromatic carbocycles. The lowest BCUT2D eigenvalue weighted by molar-refractivity contribution is -0.113. The van der Waals surface area contributed by atoms with Crippen molar-refractivity contribution in [2.45, 2.75) is 33.6 Å². The summed E-state index contributed by atoms with van der Waals surface area (Å²) in [4.78, 5) is 25.9. The van der Waals surface area contributed by atoms with E-state index >= 15 is 0 Å². The summed E-state index contributed by atoms with van der Waals surface area (Å²) in [5.74, 6) is -0.518. The molecule has 2 aromatic rings. The van der Waals surface area contributed by atoms with Gasteiger partial charge in [0.1, 0.15) is 0 Å². The Morgan fingerprint density at radius 3 is 2.13 bits per heavy atom. The van der Waals surface area contributed by atoms with E-state index < -0.39 is 11.7 Å². The van der Waals surface area contributed by atoms with E-state index in [1.165, 1.54) is 10.5 Å². The number of carbonyl (C=O) groups excluding carboxylic acids is 2. The second kappa shape index (κ2) is 5.34. The number of nitrogens with zero attached hydrogens (tertiary/aromatic N) is 1. The SMILES string of the molecule is CC(c1ccc(N2C(=O)C(=O)c3ccccc32)cc1)C(C)(C)C. The van der Waals surface area contributed by atoms with E-state index in [0.717, 1.165) is 5.69 Å². The molecule has 0 aromatic heterocycles. The van der Waals surface area contributed by atoms with Crippen LogP contribution in [0.15, 0.2) is 48.5 Å². The first-order chi connectivity index (χ1) is 10.8. The fraction of sp³-hybridized carbons (Fsp3) is 0.300. The standard InChI is InChI=1S/C20H21NO2/c1-13(20(2,3)4)14-9-11-15(12-10-14)21-17-8-6-5-7-16(17)18(22)19(21)23/h5-13H,1-4H3. The van der Waals surface area contributed by atoms with Gasteiger partial charge in [-0.15, -0.1) is 0 Å². The fourth-order valence-electron chi connectivity index (χ4n) is 2.86. The highest BCUT2D eigenvalue weighted by molar-refractivity contribution is 6.53. The minimum Gasteiger partial charge on any atom is -0.283 e. The van der Waals surface area contributed by atoms with E-state index in [4.69, 9.17) is 0 Å². The highest BCUT2D eigenvalue weighted by atomic mass is 16.2. The highest BCUT2D eigenvalue weighted by Gasteiger charge is 2.36. The molecule has 1 atom stereocenters. The van der Waals surface area contributed by atoms with E-state index in [-0.39, 0.29) is 5.41 Å². The summed E-state index contributed by atoms with van der Waals surface area (Å²) in [6, 6.07) is 15.1. The molecule has 23 heavy (non-hydrogen) atoms. The van der Waals surface area contributed by atoms with Gasteiger partial charge in [0.15, 0.2) is 0 Å². The van der Waals surface area contributed by atoms with Gasteiger partial charge in [0.2, 0.25) is 0 Å². The molecule has 1 amide bonds. The number of hydrogen-bond acceptors (Lipinski definition) is 2. The normalized spacial score (nSPS) is 15.7. The number of Topliss-reactive ketones (excluding diaryl/α,β-unsaturated/α-hetero) is 1. The van der Waals surface area contributed by atoms with Crippen molar-refractivity contribution in [1.29, 1.82) is 0 Å². The van der Waals surface area contributed by atoms with Crippen LogP contribution in [0.25, 0.3) is 0 Å². The van der Waals surface area contributed by atoms with Crippen LogP contribution in [0, 0.1) is 5.41 Å². The Hall–Kier alpha value is -2.42. The van der Waals surface area contributed by atoms with Crippen molar-refractivity contribution in [3.05, 3.63) is 59.7 Å². The number of ketones is 1. The molecule has 1 heterocycles. The predicted octanol–water partition coefficient (Wildman–Crippen LogP) is 4.70. The summed E-state index contributed by atoms with van der Waals surface area (Å²) in [5, 5.41) is 0. The summed E-state index contributed by atoms with van der Waals surface area (Å²) in [6.07, 6.45) is 0. The fourth-order valence-corrected chi connectivity index (χ4v) is 2.86. The highest BCUT2D eigenvalue weighted by Crippen LogP contribution is 2.38. The van der Waals surface area contributed by atoms with Crippen molar-refractivity contribution in [2.75, 3.05) is 4.90 Å². The Morgan fingerprint density at radius 2 is 1.52 bits per heavy atom. The molecule has 0 fully saturated rings. The summed E-state index contributed by atoms with van der Waals surface area (Å²) < 4.78 is 0. The van der Waals surface area contributed by atoms with Crippen LogP contribution in [0.3, 0.4) is 0 Å². The van der Waals surface area contributed by atoms with Gasteiger partial charge >= 0.3 is 5.91 Å². The Kier molecular flexibility index (Phi) is 3.59. The van der Waals surface area contributed by atoms with Crippen molar-refractivity contribution in [2.24, 2.45) is 5.41 Å². The smallest absolute Gasteiger partial charge is 0.283 e. The van der Waals surface area contributed by atoms with Crippen LogP contribution in [0.5, 0.6) is 0 Å². The van der Waals surface area contributed by atoms with E-state index in [9.17, 15) is 9.59 Å². The molecule has 0 N–H and O–H groups in total. The molecule has 118 valence electrons. The minimum absolute atomic E-state index is 0.174. The molecule has 0 aliphatic carbocycles. The van der Waals surface area contributed by atoms with E-state index in [1.807, 2.05) is 36.4 Å². The first kappa shape index (κ1) is 15.5. The van der Waals surface area contributed by atoms with Gasteiger partial charge in [0.25, 0.3) is 5.78 Å². The molecule has 0 spiro atoms. The van der Waals surface area contributed by atoms with Crippen molar-refractivity contribution in [3.63, 3.8) is 0 Å². The van der Waals surface area contributed by atoms with Gasteiger partial charge in [-0.3, -0.25) is 14.5 Å². The minimum atomic E-state index is -0.484. The van der Waals surface area contributed by atoms with Crippen LogP contribution in [0.2, 0.25) is 0 Å². The Balaban J connectivity index is 1.98. The molecule has 3 nitrogen and oxygen atoms in total. The zero-order valence-electron chi connectivity index (χ0n) is 14.0. The van der Waals surface area contributed by atoms with Crippen LogP contribution >= 0.6 is 0 Å². The third kappa shape index (κ3) is 2.56. The third-order valence-corrected chi connectivity index (χ3v) is 4.74. The van der Waals surface area contributed by atoms with Gasteiger partial charge in [0.05, 0.1) is 11.3 Å². The largest absolute Gasteiger partial charge is 0.304 e. The summed E-state index contributed by atoms with van der Waals surface area (Å²) in [6.45, 7) is 8.84. The summed E-state index contributed by atoms with van der Waals surface area (Å²) >= 11 is 0. The number of hydrogen-bond donors (Lipinski definition) is 0. The number of carbonyl (C=O) groups is 2. The van der Waals surface area contributed by atoms with E-state index in [1.54, 1.807) is 12.1 Å². The number of para-hydroxylation sites is 1. The van der Waals surface area contributed by atoms with Crippen LogP contribution in [0.4, 0.5) is 11.4 Å². The molecule has 1 aliphatic heterocycles. The number of benzene rings is 2. The maximum absolute atomic E-state index is 12.3. The summed E-state index contributed by atoms with van der Waals surface area (Å²) in [5.41, 5.74) is 3.28. The Labute approximate surface area is 136 Å². The number of amides is 1. The van der Waals surface area contributed by atoms with Crippen molar-refractivity contribution >= 4 is 23.1 Å². The second-order valence-electron chi connectivity index (χ2n) is 7.17. The third-order valence-electron chi connectivity index (χ3n) is 4.74. The quantitative estimate of drug-likeness (QED) is 0.754. The van der Waals surface area contributed by atoms with Crippen molar-refractivity contribution in [3.8, 4) is 0 Å². The topological polar surface area (TPSA) is 37.4 Å². The molecule has 0 bridgehead atoms. The zero-order chi connectivity index (χ0) is 16.8. The molecule has 0 radical (unpaired) electrons. The average Bonchev–Trinajstić information content (AvgIpc) is 2.78. The molecule has 0 saturated carbocycles. The van der Waals surface area contributed by atoms with Gasteiger partial charge in [-0.1, -0.05) is 52.0 Å². The van der Waals surface area contributed by atoms with Crippen molar-refractivity contribution in [1.82, 2.24) is 0 Å². The van der Waals surface area contributed by atoms with Gasteiger partial charge < -0.3 is 0 Å². The Bertz CT molecular complexity index is 769. The molecule has 1 unspecified atom stereocenters. The number of fused-ring (bicyclic) bond motifs is 1. The summed E-state index contributed by atoms with van der Waals surface area (Å²) in [7, 11) is 0. The van der Waals surface area contributed by atoms with E-state index in [2.05, 4.69) is 27.7 Å². The van der Waals surface area contributed by atoms with Crippen LogP contribution in [-0.2, 0) is 4.79 Å². The second-order valence-corrected chi connectivity index (χ2v) is 7.17.